The van der Waals surface area contributed by atoms with E-state index in [0.29, 0.717) is 6.54 Å². The third-order valence-electron chi connectivity index (χ3n) is 3.08. The van der Waals surface area contributed by atoms with Crippen LogP contribution in [0, 0.1) is 5.82 Å². The van der Waals surface area contributed by atoms with E-state index in [1.54, 1.807) is 24.4 Å². The predicted molar refractivity (Wildman–Crippen MR) is 92.1 cm³/mol. The van der Waals surface area contributed by atoms with Crippen molar-refractivity contribution in [3.8, 4) is 0 Å². The first-order valence-electron chi connectivity index (χ1n) is 7.05. The fourth-order valence-corrected chi connectivity index (χ4v) is 2.01. The molecule has 1 aromatic carbocycles. The van der Waals surface area contributed by atoms with Crippen molar-refractivity contribution in [2.24, 2.45) is 10.7 Å². The molecule has 0 bridgehead atoms. The Bertz CT molecular complexity index is 585. The summed E-state index contributed by atoms with van der Waals surface area (Å²) in [6.45, 7) is 8.29. The number of allylic oxidation sites excluding steroid dienone is 2. The van der Waals surface area contributed by atoms with Crippen LogP contribution in [-0.2, 0) is 0 Å². The summed E-state index contributed by atoms with van der Waals surface area (Å²) in [6.07, 6.45) is 5.56. The number of benzene rings is 1. The zero-order valence-electron chi connectivity index (χ0n) is 13.3. The van der Waals surface area contributed by atoms with Crippen molar-refractivity contribution in [2.45, 2.75) is 13.8 Å². The third-order valence-corrected chi connectivity index (χ3v) is 3.08. The number of hydrogen-bond acceptors (Lipinski definition) is 4. The van der Waals surface area contributed by atoms with E-state index < -0.39 is 0 Å². The van der Waals surface area contributed by atoms with Crippen LogP contribution in [0.15, 0.2) is 65.0 Å². The number of halogens is 1. The number of aliphatic imine (C=N–C) groups is 1. The molecule has 0 saturated heterocycles. The minimum absolute atomic E-state index is 0.248. The Morgan fingerprint density at radius 2 is 1.95 bits per heavy atom. The van der Waals surface area contributed by atoms with Gasteiger partial charge in [0.05, 0.1) is 17.1 Å². The molecule has 1 heterocycles. The van der Waals surface area contributed by atoms with Crippen molar-refractivity contribution in [1.29, 1.82) is 0 Å². The number of hydrazine groups is 1. The van der Waals surface area contributed by atoms with Crippen LogP contribution in [0.25, 0.3) is 0 Å². The maximum atomic E-state index is 13.0. The van der Waals surface area contributed by atoms with Gasteiger partial charge in [-0.1, -0.05) is 12.7 Å². The Kier molecular flexibility index (Phi) is 7.22. The van der Waals surface area contributed by atoms with E-state index >= 15 is 0 Å². The average molecular weight is 302 g/mol. The summed E-state index contributed by atoms with van der Waals surface area (Å²) >= 11 is 0. The minimum Gasteiger partial charge on any atom is -0.333 e. The van der Waals surface area contributed by atoms with Crippen LogP contribution >= 0.6 is 0 Å². The molecule has 1 aliphatic heterocycles. The third kappa shape index (κ3) is 4.38. The quantitative estimate of drug-likeness (QED) is 0.843. The Balaban J connectivity index is 0.00000116. The predicted octanol–water partition coefficient (Wildman–Crippen LogP) is 3.16. The highest BCUT2D eigenvalue weighted by Gasteiger charge is 2.15. The molecule has 118 valence electrons. The van der Waals surface area contributed by atoms with Gasteiger partial charge in [0.25, 0.3) is 0 Å². The highest BCUT2D eigenvalue weighted by Crippen LogP contribution is 2.23. The molecule has 1 aliphatic rings. The van der Waals surface area contributed by atoms with Gasteiger partial charge in [-0.3, -0.25) is 10.0 Å². The highest BCUT2D eigenvalue weighted by atomic mass is 19.1. The van der Waals surface area contributed by atoms with Gasteiger partial charge in [0, 0.05) is 12.8 Å². The summed E-state index contributed by atoms with van der Waals surface area (Å²) in [7, 11) is 1.50. The fourth-order valence-electron chi connectivity index (χ4n) is 2.01. The monoisotopic (exact) mass is 302 g/mol. The lowest BCUT2D eigenvalue weighted by Gasteiger charge is -2.25. The largest absolute Gasteiger partial charge is 0.333 e. The van der Waals surface area contributed by atoms with Gasteiger partial charge in [-0.2, -0.15) is 0 Å². The van der Waals surface area contributed by atoms with Gasteiger partial charge in [0.15, 0.2) is 0 Å². The van der Waals surface area contributed by atoms with Crippen LogP contribution < -0.4 is 16.2 Å². The van der Waals surface area contributed by atoms with E-state index in [0.717, 1.165) is 22.7 Å². The molecule has 0 radical (unpaired) electrons. The first-order chi connectivity index (χ1) is 10.7. The van der Waals surface area contributed by atoms with Gasteiger partial charge in [-0.05, 0) is 56.8 Å². The molecule has 0 aliphatic carbocycles. The Labute approximate surface area is 131 Å². The average Bonchev–Trinajstić information content (AvgIpc) is 2.70. The number of nitrogens with zero attached hydrogens (tertiary/aromatic N) is 2. The lowest BCUT2D eigenvalue weighted by molar-refractivity contribution is 0.627. The van der Waals surface area contributed by atoms with Crippen LogP contribution in [0.2, 0.25) is 0 Å². The van der Waals surface area contributed by atoms with Crippen LogP contribution in [0.4, 0.5) is 10.1 Å². The molecule has 0 fully saturated rings. The van der Waals surface area contributed by atoms with Gasteiger partial charge in [0.2, 0.25) is 0 Å². The zero-order chi connectivity index (χ0) is 16.5. The van der Waals surface area contributed by atoms with Crippen molar-refractivity contribution in [2.75, 3.05) is 18.6 Å². The van der Waals surface area contributed by atoms with Crippen molar-refractivity contribution in [3.63, 3.8) is 0 Å². The number of hydrogen-bond donors (Lipinski definition) is 2. The maximum Gasteiger partial charge on any atom is 0.123 e. The molecule has 22 heavy (non-hydrogen) atoms. The second kappa shape index (κ2) is 8.92. The van der Waals surface area contributed by atoms with Gasteiger partial charge in [0.1, 0.15) is 5.82 Å². The zero-order valence-corrected chi connectivity index (χ0v) is 13.3. The summed E-state index contributed by atoms with van der Waals surface area (Å²) in [5.74, 6) is -0.248. The standard InChI is InChI=1S/C16H18FN3.CH5N/c1-4-13-10-16(18-5-2)12(3)20(19-11-13)15-8-6-14(17)7-9-15;1-2/h4-10,19H,1,11H2,2-3H3;2H2,1H3. The first kappa shape index (κ1) is 17.8. The Morgan fingerprint density at radius 3 is 2.50 bits per heavy atom. The summed E-state index contributed by atoms with van der Waals surface area (Å²) in [4.78, 5) is 4.39. The van der Waals surface area contributed by atoms with E-state index in [4.69, 9.17) is 0 Å². The molecule has 5 heteroatoms. The van der Waals surface area contributed by atoms with Crippen LogP contribution in [0.1, 0.15) is 13.8 Å². The second-order valence-electron chi connectivity index (χ2n) is 4.43. The van der Waals surface area contributed by atoms with E-state index in [-0.39, 0.29) is 5.82 Å². The molecule has 0 unspecified atom stereocenters. The topological polar surface area (TPSA) is 53.6 Å². The molecule has 0 spiro atoms. The van der Waals surface area contributed by atoms with Gasteiger partial charge >= 0.3 is 0 Å². The summed E-state index contributed by atoms with van der Waals surface area (Å²) < 4.78 is 13.0. The van der Waals surface area contributed by atoms with Crippen LogP contribution in [0.5, 0.6) is 0 Å². The van der Waals surface area contributed by atoms with Crippen molar-refractivity contribution in [1.82, 2.24) is 5.43 Å². The molecule has 0 amide bonds. The van der Waals surface area contributed by atoms with E-state index in [2.05, 4.69) is 22.7 Å². The maximum absolute atomic E-state index is 13.0. The Hall–Kier alpha value is -2.24. The minimum atomic E-state index is -0.248. The van der Waals surface area contributed by atoms with Crippen LogP contribution in [-0.4, -0.2) is 19.8 Å². The lowest BCUT2D eigenvalue weighted by atomic mass is 10.2. The Morgan fingerprint density at radius 1 is 1.32 bits per heavy atom. The smallest absolute Gasteiger partial charge is 0.123 e. The lowest BCUT2D eigenvalue weighted by Crippen LogP contribution is -2.37. The molecular formula is C17H23FN4. The first-order valence-corrected chi connectivity index (χ1v) is 7.05. The highest BCUT2D eigenvalue weighted by molar-refractivity contribution is 5.60. The molecule has 0 atom stereocenters. The molecular weight excluding hydrogens is 279 g/mol. The molecule has 4 nitrogen and oxygen atoms in total. The molecule has 1 aromatic rings. The van der Waals surface area contributed by atoms with E-state index in [1.807, 2.05) is 24.9 Å². The number of nitrogens with two attached hydrogens (primary N) is 1. The van der Waals surface area contributed by atoms with Gasteiger partial charge in [-0.15, -0.1) is 0 Å². The van der Waals surface area contributed by atoms with Gasteiger partial charge < -0.3 is 5.73 Å². The molecule has 3 N–H and O–H groups in total. The van der Waals surface area contributed by atoms with Crippen molar-refractivity contribution in [3.05, 3.63) is 65.8 Å². The summed E-state index contributed by atoms with van der Waals surface area (Å²) in [6, 6.07) is 6.36. The van der Waals surface area contributed by atoms with E-state index in [9.17, 15) is 4.39 Å². The molecule has 2 rings (SSSR count). The van der Waals surface area contributed by atoms with Crippen molar-refractivity contribution >= 4 is 11.9 Å². The number of rotatable bonds is 3. The van der Waals surface area contributed by atoms with Gasteiger partial charge in [-0.25, -0.2) is 9.82 Å². The summed E-state index contributed by atoms with van der Waals surface area (Å²) in [5, 5.41) is 1.91. The fraction of sp³-hybridized carbons (Fsp3) is 0.235. The molecule has 0 aromatic heterocycles. The number of nitrogens with one attached hydrogen (secondary N) is 1. The van der Waals surface area contributed by atoms with Crippen molar-refractivity contribution < 1.29 is 4.39 Å². The van der Waals surface area contributed by atoms with Crippen LogP contribution in [0.3, 0.4) is 0 Å². The van der Waals surface area contributed by atoms with E-state index in [1.165, 1.54) is 19.2 Å². The second-order valence-corrected chi connectivity index (χ2v) is 4.43. The normalized spacial score (nSPS) is 15.1. The number of anilines is 1. The summed E-state index contributed by atoms with van der Waals surface area (Å²) in [5.41, 5.74) is 11.5. The molecule has 0 saturated carbocycles. The SMILES string of the molecule is C=CC1=CC(N=CC)=C(C)N(c2ccc(F)cc2)NC1.CN.